The maximum absolute atomic E-state index is 11.3. The minimum absolute atomic E-state index is 0.0229. The van der Waals surface area contributed by atoms with Crippen molar-refractivity contribution in [2.75, 3.05) is 26.2 Å². The predicted octanol–water partition coefficient (Wildman–Crippen LogP) is 1.03. The molecule has 1 N–H and O–H groups in total. The number of nitrogens with zero attached hydrogens (tertiary/aromatic N) is 3. The first kappa shape index (κ1) is 14.5. The van der Waals surface area contributed by atoms with Crippen molar-refractivity contribution in [1.82, 2.24) is 20.2 Å². The maximum atomic E-state index is 11.3. The molecule has 2 saturated heterocycles. The lowest BCUT2D eigenvalue weighted by Gasteiger charge is -2.33. The number of likely N-dealkylation sites (tertiary alicyclic amines) is 1. The highest BCUT2D eigenvalue weighted by Gasteiger charge is 2.42. The van der Waals surface area contributed by atoms with Gasteiger partial charge in [-0.25, -0.2) is 9.97 Å². The number of aryl methyl sites for hydroxylation is 1. The number of carbonyl (C=O) groups excluding carboxylic acids is 1. The number of hydrogen-bond donors (Lipinski definition) is 1. The van der Waals surface area contributed by atoms with Gasteiger partial charge in [0.25, 0.3) is 0 Å². The minimum Gasteiger partial charge on any atom is -0.362 e. The molecule has 1 aromatic heterocycles. The Morgan fingerprint density at radius 3 is 2.83 bits per heavy atom. The summed E-state index contributed by atoms with van der Waals surface area (Å²) in [6.07, 6.45) is 0.938. The standard InChI is InChI=1S/C17H20N4O2/c1-12-15(20-14-5-3-2-4-13(14)19-12)8-21-7-6-17(11-21)10-18-16(22)9-23-17/h2-5H,6-11H2,1H3,(H,18,22). The second-order valence-electron chi connectivity index (χ2n) is 6.45. The second kappa shape index (κ2) is 5.54. The van der Waals surface area contributed by atoms with E-state index in [1.807, 2.05) is 31.2 Å². The Morgan fingerprint density at radius 1 is 1.30 bits per heavy atom. The normalized spacial score (nSPS) is 25.2. The molecule has 0 radical (unpaired) electrons. The van der Waals surface area contributed by atoms with Crippen LogP contribution in [0.15, 0.2) is 24.3 Å². The van der Waals surface area contributed by atoms with Crippen molar-refractivity contribution < 1.29 is 9.53 Å². The van der Waals surface area contributed by atoms with Crippen LogP contribution < -0.4 is 5.32 Å². The van der Waals surface area contributed by atoms with Crippen LogP contribution in [0.2, 0.25) is 0 Å². The molecular weight excluding hydrogens is 292 g/mol. The fourth-order valence-electron chi connectivity index (χ4n) is 3.39. The lowest BCUT2D eigenvalue weighted by atomic mass is 10.0. The van der Waals surface area contributed by atoms with Gasteiger partial charge < -0.3 is 10.1 Å². The van der Waals surface area contributed by atoms with Crippen LogP contribution >= 0.6 is 0 Å². The Balaban J connectivity index is 1.51. The number of benzene rings is 1. The molecule has 1 amide bonds. The number of hydrogen-bond acceptors (Lipinski definition) is 5. The molecule has 23 heavy (non-hydrogen) atoms. The van der Waals surface area contributed by atoms with Crippen molar-refractivity contribution >= 4 is 16.9 Å². The third-order valence-corrected chi connectivity index (χ3v) is 4.73. The molecule has 1 atom stereocenters. The number of nitrogens with one attached hydrogen (secondary N) is 1. The van der Waals surface area contributed by atoms with Crippen LogP contribution in [-0.2, 0) is 16.1 Å². The molecule has 2 fully saturated rings. The van der Waals surface area contributed by atoms with Crippen molar-refractivity contribution in [3.8, 4) is 0 Å². The maximum Gasteiger partial charge on any atom is 0.246 e. The molecule has 1 spiro atoms. The number of para-hydroxylation sites is 2. The summed E-state index contributed by atoms with van der Waals surface area (Å²) in [4.78, 5) is 23.0. The highest BCUT2D eigenvalue weighted by molar-refractivity contribution is 5.78. The van der Waals surface area contributed by atoms with Crippen LogP contribution in [0.5, 0.6) is 0 Å². The Morgan fingerprint density at radius 2 is 2.09 bits per heavy atom. The van der Waals surface area contributed by atoms with Crippen LogP contribution in [0.4, 0.5) is 0 Å². The molecule has 1 unspecified atom stereocenters. The lowest BCUT2D eigenvalue weighted by molar-refractivity contribution is -0.142. The van der Waals surface area contributed by atoms with Gasteiger partial charge in [0.2, 0.25) is 5.91 Å². The van der Waals surface area contributed by atoms with E-state index < -0.39 is 0 Å². The van der Waals surface area contributed by atoms with E-state index in [0.717, 1.165) is 48.5 Å². The molecule has 2 aliphatic rings. The van der Waals surface area contributed by atoms with Gasteiger partial charge in [0.1, 0.15) is 6.61 Å². The SMILES string of the molecule is Cc1nc2ccccc2nc1CN1CCC2(CNC(=O)CO2)C1. The van der Waals surface area contributed by atoms with Gasteiger partial charge in [-0.05, 0) is 25.5 Å². The topological polar surface area (TPSA) is 67.4 Å². The molecule has 0 aliphatic carbocycles. The van der Waals surface area contributed by atoms with E-state index in [4.69, 9.17) is 9.72 Å². The summed E-state index contributed by atoms with van der Waals surface area (Å²) in [5, 5.41) is 2.92. The zero-order valence-corrected chi connectivity index (χ0v) is 13.2. The van der Waals surface area contributed by atoms with E-state index in [-0.39, 0.29) is 18.1 Å². The van der Waals surface area contributed by atoms with E-state index in [1.54, 1.807) is 0 Å². The van der Waals surface area contributed by atoms with E-state index in [1.165, 1.54) is 0 Å². The predicted molar refractivity (Wildman–Crippen MR) is 85.9 cm³/mol. The van der Waals surface area contributed by atoms with Gasteiger partial charge in [-0.2, -0.15) is 0 Å². The minimum atomic E-state index is -0.230. The lowest BCUT2D eigenvalue weighted by Crippen LogP contribution is -2.53. The molecule has 0 saturated carbocycles. The van der Waals surface area contributed by atoms with Crippen molar-refractivity contribution in [1.29, 1.82) is 0 Å². The van der Waals surface area contributed by atoms with Gasteiger partial charge in [0.15, 0.2) is 0 Å². The van der Waals surface area contributed by atoms with Gasteiger partial charge in [-0.15, -0.1) is 0 Å². The highest BCUT2D eigenvalue weighted by atomic mass is 16.5. The molecule has 6 heteroatoms. The van der Waals surface area contributed by atoms with Gasteiger partial charge in [-0.1, -0.05) is 12.1 Å². The summed E-state index contributed by atoms with van der Waals surface area (Å²) in [6.45, 7) is 5.32. The molecule has 4 rings (SSSR count). The van der Waals surface area contributed by atoms with E-state index in [0.29, 0.717) is 6.54 Å². The van der Waals surface area contributed by atoms with Crippen molar-refractivity contribution in [3.05, 3.63) is 35.7 Å². The Hall–Kier alpha value is -2.05. The molecular formula is C17H20N4O2. The summed E-state index contributed by atoms with van der Waals surface area (Å²) in [7, 11) is 0. The van der Waals surface area contributed by atoms with Crippen LogP contribution in [0.1, 0.15) is 17.8 Å². The third-order valence-electron chi connectivity index (χ3n) is 4.73. The number of fused-ring (bicyclic) bond motifs is 1. The zero-order valence-electron chi connectivity index (χ0n) is 13.2. The zero-order chi connectivity index (χ0) is 15.9. The van der Waals surface area contributed by atoms with Crippen LogP contribution in [0.25, 0.3) is 11.0 Å². The van der Waals surface area contributed by atoms with E-state index in [9.17, 15) is 4.79 Å². The van der Waals surface area contributed by atoms with Crippen molar-refractivity contribution in [3.63, 3.8) is 0 Å². The molecule has 6 nitrogen and oxygen atoms in total. The average molecular weight is 312 g/mol. The van der Waals surface area contributed by atoms with E-state index in [2.05, 4.69) is 15.2 Å². The van der Waals surface area contributed by atoms with Gasteiger partial charge in [0.05, 0.1) is 28.0 Å². The quantitative estimate of drug-likeness (QED) is 0.897. The van der Waals surface area contributed by atoms with Gasteiger partial charge in [-0.3, -0.25) is 9.69 Å². The van der Waals surface area contributed by atoms with E-state index >= 15 is 0 Å². The number of morpholine rings is 1. The molecule has 1 aromatic carbocycles. The van der Waals surface area contributed by atoms with Crippen LogP contribution in [0.3, 0.4) is 0 Å². The summed E-state index contributed by atoms with van der Waals surface area (Å²) < 4.78 is 5.82. The number of amides is 1. The second-order valence-corrected chi connectivity index (χ2v) is 6.45. The summed E-state index contributed by atoms with van der Waals surface area (Å²) in [5.41, 5.74) is 3.63. The van der Waals surface area contributed by atoms with Crippen LogP contribution in [0, 0.1) is 6.92 Å². The van der Waals surface area contributed by atoms with Gasteiger partial charge >= 0.3 is 0 Å². The fourth-order valence-corrected chi connectivity index (χ4v) is 3.39. The van der Waals surface area contributed by atoms with Crippen molar-refractivity contribution in [2.45, 2.75) is 25.5 Å². The first-order chi connectivity index (χ1) is 11.1. The Labute approximate surface area is 134 Å². The smallest absolute Gasteiger partial charge is 0.246 e. The summed E-state index contributed by atoms with van der Waals surface area (Å²) in [5.74, 6) is -0.0229. The molecule has 120 valence electrons. The first-order valence-electron chi connectivity index (χ1n) is 7.99. The monoisotopic (exact) mass is 312 g/mol. The molecule has 2 aliphatic heterocycles. The average Bonchev–Trinajstić information content (AvgIpc) is 2.94. The Kier molecular flexibility index (Phi) is 3.50. The molecule has 2 aromatic rings. The van der Waals surface area contributed by atoms with Crippen LogP contribution in [-0.4, -0.2) is 52.6 Å². The van der Waals surface area contributed by atoms with Gasteiger partial charge in [0, 0.05) is 26.2 Å². The largest absolute Gasteiger partial charge is 0.362 e. The first-order valence-corrected chi connectivity index (χ1v) is 7.99. The molecule has 3 heterocycles. The number of ether oxygens (including phenoxy) is 1. The highest BCUT2D eigenvalue weighted by Crippen LogP contribution is 2.28. The number of aromatic nitrogens is 2. The summed E-state index contributed by atoms with van der Waals surface area (Å²) in [6, 6.07) is 7.95. The number of carbonyl (C=O) groups is 1. The third kappa shape index (κ3) is 2.80. The van der Waals surface area contributed by atoms with Crippen molar-refractivity contribution in [2.24, 2.45) is 0 Å². The Bertz CT molecular complexity index is 751. The number of rotatable bonds is 2. The fraction of sp³-hybridized carbons (Fsp3) is 0.471. The summed E-state index contributed by atoms with van der Waals surface area (Å²) >= 11 is 0. The molecule has 0 bridgehead atoms.